The van der Waals surface area contributed by atoms with Crippen molar-refractivity contribution in [2.75, 3.05) is 0 Å². The molecule has 0 unspecified atom stereocenters. The Balaban J connectivity index is 2.19. The van der Waals surface area contributed by atoms with E-state index in [1.54, 1.807) is 19.1 Å². The van der Waals surface area contributed by atoms with Crippen LogP contribution < -0.4 is 0 Å². The number of aryl methyl sites for hydroxylation is 1. The fourth-order valence-corrected chi connectivity index (χ4v) is 3.32. The van der Waals surface area contributed by atoms with E-state index in [0.717, 1.165) is 24.0 Å². The van der Waals surface area contributed by atoms with E-state index in [2.05, 4.69) is 13.8 Å². The second-order valence-electron chi connectivity index (χ2n) is 7.88. The van der Waals surface area contributed by atoms with Crippen LogP contribution in [0.2, 0.25) is 0 Å². The molecule has 4 heteroatoms. The van der Waals surface area contributed by atoms with E-state index in [1.807, 2.05) is 19.1 Å². The van der Waals surface area contributed by atoms with Gasteiger partial charge in [-0.2, -0.15) is 0 Å². The molecule has 2 aromatic carbocycles. The first-order valence-electron chi connectivity index (χ1n) is 9.16. The number of phenols is 3. The molecule has 0 saturated heterocycles. The minimum atomic E-state index is -1.08. The Labute approximate surface area is 155 Å². The van der Waals surface area contributed by atoms with Gasteiger partial charge in [-0.15, -0.1) is 0 Å². The Hall–Kier alpha value is -2.20. The van der Waals surface area contributed by atoms with Crippen molar-refractivity contribution in [3.05, 3.63) is 52.6 Å². The summed E-state index contributed by atoms with van der Waals surface area (Å²) in [7, 11) is 0. The Morgan fingerprint density at radius 2 is 1.69 bits per heavy atom. The standard InChI is InChI=1S/C22H30O4/c1-14(2)6-5-9-22(4,26)18-8-7-16(13-19(18)23)12-17-10-15(3)11-20(24)21(17)25/h7-8,10-11,13-14,23-26H,5-6,9,12H2,1-4H3/t22-/m0/s1. The minimum absolute atomic E-state index is 0.0495. The summed E-state index contributed by atoms with van der Waals surface area (Å²) in [6.45, 7) is 7.88. The smallest absolute Gasteiger partial charge is 0.161 e. The summed E-state index contributed by atoms with van der Waals surface area (Å²) in [4.78, 5) is 0. The van der Waals surface area contributed by atoms with E-state index in [4.69, 9.17) is 0 Å². The van der Waals surface area contributed by atoms with Crippen molar-refractivity contribution < 1.29 is 20.4 Å². The number of benzene rings is 2. The summed E-state index contributed by atoms with van der Waals surface area (Å²) in [6.07, 6.45) is 2.89. The number of aromatic hydroxyl groups is 3. The van der Waals surface area contributed by atoms with Gasteiger partial charge in [0.25, 0.3) is 0 Å². The van der Waals surface area contributed by atoms with Gasteiger partial charge in [-0.05, 0) is 55.9 Å². The summed E-state index contributed by atoms with van der Waals surface area (Å²) >= 11 is 0. The van der Waals surface area contributed by atoms with Gasteiger partial charge in [0.2, 0.25) is 0 Å². The Morgan fingerprint density at radius 1 is 1.00 bits per heavy atom. The zero-order valence-electron chi connectivity index (χ0n) is 16.1. The van der Waals surface area contributed by atoms with Gasteiger partial charge in [0.15, 0.2) is 11.5 Å². The topological polar surface area (TPSA) is 80.9 Å². The second-order valence-corrected chi connectivity index (χ2v) is 7.88. The highest BCUT2D eigenvalue weighted by molar-refractivity contribution is 5.50. The fourth-order valence-electron chi connectivity index (χ4n) is 3.32. The Morgan fingerprint density at radius 3 is 2.31 bits per heavy atom. The van der Waals surface area contributed by atoms with E-state index in [0.29, 0.717) is 29.9 Å². The maximum atomic E-state index is 10.7. The molecule has 0 fully saturated rings. The van der Waals surface area contributed by atoms with Crippen LogP contribution in [0.3, 0.4) is 0 Å². The summed E-state index contributed by atoms with van der Waals surface area (Å²) < 4.78 is 0. The lowest BCUT2D eigenvalue weighted by Gasteiger charge is -2.25. The van der Waals surface area contributed by atoms with Gasteiger partial charge in [0.05, 0.1) is 5.60 Å². The molecular weight excluding hydrogens is 328 g/mol. The molecule has 0 aliphatic heterocycles. The molecule has 0 aliphatic rings. The third-order valence-corrected chi connectivity index (χ3v) is 4.80. The van der Waals surface area contributed by atoms with Crippen LogP contribution in [-0.4, -0.2) is 20.4 Å². The highest BCUT2D eigenvalue weighted by Crippen LogP contribution is 2.36. The van der Waals surface area contributed by atoms with Crippen molar-refractivity contribution in [3.8, 4) is 17.2 Å². The molecule has 2 aromatic rings. The third kappa shape index (κ3) is 4.92. The predicted octanol–water partition coefficient (Wildman–Crippen LogP) is 4.74. The maximum Gasteiger partial charge on any atom is 0.161 e. The number of hydrogen-bond acceptors (Lipinski definition) is 4. The van der Waals surface area contributed by atoms with Crippen LogP contribution in [0.25, 0.3) is 0 Å². The lowest BCUT2D eigenvalue weighted by Crippen LogP contribution is -2.21. The summed E-state index contributed by atoms with van der Waals surface area (Å²) in [5, 5.41) is 40.9. The zero-order valence-corrected chi connectivity index (χ0v) is 16.1. The van der Waals surface area contributed by atoms with Crippen molar-refractivity contribution >= 4 is 0 Å². The largest absolute Gasteiger partial charge is 0.508 e. The summed E-state index contributed by atoms with van der Waals surface area (Å²) in [6, 6.07) is 8.51. The van der Waals surface area contributed by atoms with Crippen LogP contribution >= 0.6 is 0 Å². The molecular formula is C22H30O4. The molecule has 142 valence electrons. The summed E-state index contributed by atoms with van der Waals surface area (Å²) in [5.41, 5.74) is 1.68. The summed E-state index contributed by atoms with van der Waals surface area (Å²) in [5.74, 6) is 0.349. The first-order valence-corrected chi connectivity index (χ1v) is 9.16. The van der Waals surface area contributed by atoms with E-state index in [9.17, 15) is 20.4 Å². The van der Waals surface area contributed by atoms with Crippen molar-refractivity contribution in [2.45, 2.75) is 59.0 Å². The molecule has 0 spiro atoms. The monoisotopic (exact) mass is 358 g/mol. The Bertz CT molecular complexity index is 763. The number of hydrogen-bond donors (Lipinski definition) is 4. The van der Waals surface area contributed by atoms with Gasteiger partial charge in [0.1, 0.15) is 5.75 Å². The Kier molecular flexibility index (Phi) is 6.19. The minimum Gasteiger partial charge on any atom is -0.508 e. The van der Waals surface area contributed by atoms with Crippen LogP contribution in [0.5, 0.6) is 17.2 Å². The highest BCUT2D eigenvalue weighted by Gasteiger charge is 2.26. The average Bonchev–Trinajstić information content (AvgIpc) is 2.51. The molecule has 0 saturated carbocycles. The van der Waals surface area contributed by atoms with Crippen LogP contribution in [0.1, 0.15) is 62.3 Å². The molecule has 26 heavy (non-hydrogen) atoms. The van der Waals surface area contributed by atoms with Crippen LogP contribution in [0, 0.1) is 12.8 Å². The number of aliphatic hydroxyl groups is 1. The van der Waals surface area contributed by atoms with Gasteiger partial charge >= 0.3 is 0 Å². The fraction of sp³-hybridized carbons (Fsp3) is 0.455. The number of phenolic OH excluding ortho intramolecular Hbond substituents is 3. The molecule has 0 aromatic heterocycles. The molecule has 0 bridgehead atoms. The SMILES string of the molecule is Cc1cc(O)c(O)c(Cc2ccc([C@@](C)(O)CCCC(C)C)c(O)c2)c1. The van der Waals surface area contributed by atoms with Gasteiger partial charge in [-0.3, -0.25) is 0 Å². The first kappa shape index (κ1) is 20.1. The quantitative estimate of drug-likeness (QED) is 0.539. The maximum absolute atomic E-state index is 10.7. The molecule has 1 atom stereocenters. The molecule has 0 aliphatic carbocycles. The van der Waals surface area contributed by atoms with Crippen LogP contribution in [0.15, 0.2) is 30.3 Å². The molecule has 4 nitrogen and oxygen atoms in total. The van der Waals surface area contributed by atoms with Gasteiger partial charge < -0.3 is 20.4 Å². The third-order valence-electron chi connectivity index (χ3n) is 4.80. The molecule has 0 radical (unpaired) electrons. The van der Waals surface area contributed by atoms with E-state index in [1.165, 1.54) is 6.07 Å². The predicted molar refractivity (Wildman–Crippen MR) is 104 cm³/mol. The van der Waals surface area contributed by atoms with E-state index in [-0.39, 0.29) is 17.2 Å². The average molecular weight is 358 g/mol. The van der Waals surface area contributed by atoms with Gasteiger partial charge in [-0.25, -0.2) is 0 Å². The van der Waals surface area contributed by atoms with Crippen molar-refractivity contribution in [3.63, 3.8) is 0 Å². The van der Waals surface area contributed by atoms with E-state index < -0.39 is 5.60 Å². The first-order chi connectivity index (χ1) is 12.1. The van der Waals surface area contributed by atoms with Crippen LogP contribution in [0.4, 0.5) is 0 Å². The van der Waals surface area contributed by atoms with E-state index >= 15 is 0 Å². The van der Waals surface area contributed by atoms with Crippen molar-refractivity contribution in [1.29, 1.82) is 0 Å². The molecule has 4 N–H and O–H groups in total. The molecule has 0 heterocycles. The lowest BCUT2D eigenvalue weighted by atomic mass is 9.87. The lowest BCUT2D eigenvalue weighted by molar-refractivity contribution is 0.0417. The normalized spacial score (nSPS) is 13.8. The number of rotatable bonds is 7. The second kappa shape index (κ2) is 8.00. The van der Waals surface area contributed by atoms with Gasteiger partial charge in [0, 0.05) is 17.5 Å². The zero-order chi connectivity index (χ0) is 19.5. The van der Waals surface area contributed by atoms with Crippen molar-refractivity contribution in [1.82, 2.24) is 0 Å². The van der Waals surface area contributed by atoms with Crippen LogP contribution in [-0.2, 0) is 12.0 Å². The highest BCUT2D eigenvalue weighted by atomic mass is 16.3. The van der Waals surface area contributed by atoms with Crippen molar-refractivity contribution in [2.24, 2.45) is 5.92 Å². The molecule has 2 rings (SSSR count). The molecule has 0 amide bonds. The van der Waals surface area contributed by atoms with Gasteiger partial charge in [-0.1, -0.05) is 38.5 Å².